The van der Waals surface area contributed by atoms with Crippen molar-refractivity contribution in [3.63, 3.8) is 0 Å². The van der Waals surface area contributed by atoms with E-state index in [0.29, 0.717) is 19.0 Å². The molecule has 7 nitrogen and oxygen atoms in total. The lowest BCUT2D eigenvalue weighted by Crippen LogP contribution is -2.10. The minimum absolute atomic E-state index is 0.0654. The van der Waals surface area contributed by atoms with Gasteiger partial charge in [0.05, 0.1) is 23.0 Å². The number of carboxylic acid groups (broad SMARTS) is 1. The van der Waals surface area contributed by atoms with Crippen molar-refractivity contribution >= 4 is 39.6 Å². The molecule has 3 N–H and O–H groups in total. The molecule has 0 saturated heterocycles. The Balaban J connectivity index is 0.000000343. The maximum absolute atomic E-state index is 11.0. The quantitative estimate of drug-likeness (QED) is 0.263. The van der Waals surface area contributed by atoms with Crippen molar-refractivity contribution in [1.82, 2.24) is 0 Å². The van der Waals surface area contributed by atoms with Crippen molar-refractivity contribution in [2.24, 2.45) is 5.90 Å². The van der Waals surface area contributed by atoms with E-state index in [-0.39, 0.29) is 9.80 Å². The number of ether oxygens (including phenoxy) is 1. The van der Waals surface area contributed by atoms with Crippen LogP contribution in [0.15, 0.2) is 71.0 Å². The minimum atomic E-state index is -3.74. The predicted molar refractivity (Wildman–Crippen MR) is 126 cm³/mol. The monoisotopic (exact) mass is 485 g/mol. The molecule has 0 atom stereocenters. The molecule has 170 valence electrons. The first-order valence-corrected chi connectivity index (χ1v) is 12.8. The van der Waals surface area contributed by atoms with Crippen LogP contribution < -0.4 is 5.90 Å². The van der Waals surface area contributed by atoms with Crippen LogP contribution in [-0.2, 0) is 29.7 Å². The van der Waals surface area contributed by atoms with Gasteiger partial charge in [0.1, 0.15) is 0 Å². The molecule has 0 fully saturated rings. The molecule has 10 heteroatoms. The van der Waals surface area contributed by atoms with Gasteiger partial charge in [0.25, 0.3) is 0 Å². The van der Waals surface area contributed by atoms with Crippen LogP contribution in [0.4, 0.5) is 0 Å². The van der Waals surface area contributed by atoms with E-state index in [9.17, 15) is 13.2 Å². The number of aliphatic carboxylic acids is 1. The van der Waals surface area contributed by atoms with Crippen LogP contribution in [0.2, 0.25) is 0 Å². The summed E-state index contributed by atoms with van der Waals surface area (Å²) in [6.07, 6.45) is 0. The first-order chi connectivity index (χ1) is 14.8. The molecule has 0 aromatic heterocycles. The number of nitrogens with two attached hydrogens (primary N) is 1. The second-order valence-corrected chi connectivity index (χ2v) is 9.96. The molecule has 0 aliphatic carbocycles. The Labute approximate surface area is 192 Å². The van der Waals surface area contributed by atoms with Crippen LogP contribution in [0.1, 0.15) is 11.1 Å². The summed E-state index contributed by atoms with van der Waals surface area (Å²) in [5.41, 5.74) is 2.30. The summed E-state index contributed by atoms with van der Waals surface area (Å²) in [6, 6.07) is 16.6. The summed E-state index contributed by atoms with van der Waals surface area (Å²) in [5.74, 6) is 6.21. The largest absolute Gasteiger partial charge is 0.477 e. The molecule has 0 unspecified atom stereocenters. The van der Waals surface area contributed by atoms with E-state index in [2.05, 4.69) is 28.9 Å². The third-order valence-electron chi connectivity index (χ3n) is 3.66. The average Bonchev–Trinajstić information content (AvgIpc) is 2.76. The molecule has 0 radical (unpaired) electrons. The molecule has 31 heavy (non-hydrogen) atoms. The molecule has 0 aliphatic rings. The first-order valence-electron chi connectivity index (χ1n) is 9.20. The highest BCUT2D eigenvalue weighted by Crippen LogP contribution is 2.14. The van der Waals surface area contributed by atoms with Crippen LogP contribution in [-0.4, -0.2) is 44.2 Å². The van der Waals surface area contributed by atoms with E-state index < -0.39 is 16.1 Å². The first kappa shape index (κ1) is 27.2. The van der Waals surface area contributed by atoms with Gasteiger partial charge in [0.15, 0.2) is 0 Å². The number of hydrogen-bond acceptors (Lipinski definition) is 8. The van der Waals surface area contributed by atoms with Crippen molar-refractivity contribution in [2.45, 2.75) is 17.6 Å². The van der Waals surface area contributed by atoms with Crippen LogP contribution in [0.3, 0.4) is 0 Å². The lowest BCUT2D eigenvalue weighted by Gasteiger charge is -2.04. The molecule has 0 bridgehead atoms. The number of carbonyl (C=O) groups is 1. The van der Waals surface area contributed by atoms with Gasteiger partial charge in [0, 0.05) is 17.3 Å². The highest BCUT2D eigenvalue weighted by molar-refractivity contribution is 8.03. The molecule has 2 rings (SSSR count). The topological polar surface area (TPSA) is 116 Å². The Bertz CT molecular complexity index is 902. The minimum Gasteiger partial charge on any atom is -0.477 e. The standard InChI is InChI=1S/C14H18O3S2.C7H9NO3S/c1-12(14(15)16)19-10-8-17-7-9-18-11-13-5-3-2-4-6-13;1-6-2-4-7(5-3-6)12(9,10)11-8/h2-6H,1,7-11H2,(H,15,16);2-5H,8H2,1H3. The summed E-state index contributed by atoms with van der Waals surface area (Å²) < 4.78 is 31.2. The lowest BCUT2D eigenvalue weighted by atomic mass is 10.2. The molecular weight excluding hydrogens is 458 g/mol. The van der Waals surface area contributed by atoms with Gasteiger partial charge in [-0.1, -0.05) is 54.6 Å². The Morgan fingerprint density at radius 3 is 2.26 bits per heavy atom. The van der Waals surface area contributed by atoms with Crippen LogP contribution in [0.25, 0.3) is 0 Å². The van der Waals surface area contributed by atoms with Gasteiger partial charge in [-0.2, -0.15) is 30.4 Å². The Morgan fingerprint density at radius 2 is 1.68 bits per heavy atom. The van der Waals surface area contributed by atoms with E-state index in [1.807, 2.05) is 36.9 Å². The third-order valence-corrected chi connectivity index (χ3v) is 6.65. The zero-order valence-corrected chi connectivity index (χ0v) is 19.7. The number of thioether (sulfide) groups is 2. The van der Waals surface area contributed by atoms with Gasteiger partial charge in [-0.15, -0.1) is 11.8 Å². The molecule has 0 saturated carbocycles. The highest BCUT2D eigenvalue weighted by Gasteiger charge is 2.12. The maximum Gasteiger partial charge on any atom is 0.341 e. The normalized spacial score (nSPS) is 10.8. The van der Waals surface area contributed by atoms with Gasteiger partial charge in [-0.05, 0) is 24.6 Å². The summed E-state index contributed by atoms with van der Waals surface area (Å²) in [6.45, 7) is 6.55. The maximum atomic E-state index is 11.0. The Morgan fingerprint density at radius 1 is 1.06 bits per heavy atom. The zero-order valence-electron chi connectivity index (χ0n) is 17.2. The van der Waals surface area contributed by atoms with Crippen LogP contribution in [0, 0.1) is 6.92 Å². The SMILES string of the molecule is C=C(SCCOCCSCc1ccccc1)C(=O)O.Cc1ccc(S(=O)(=O)ON)cc1. The summed E-state index contributed by atoms with van der Waals surface area (Å²) in [5, 5.41) is 8.60. The fraction of sp³-hybridized carbons (Fsp3) is 0.286. The van der Waals surface area contributed by atoms with Crippen molar-refractivity contribution in [2.75, 3.05) is 24.7 Å². The molecule has 0 amide bonds. The van der Waals surface area contributed by atoms with Crippen LogP contribution in [0.5, 0.6) is 0 Å². The van der Waals surface area contributed by atoms with Crippen molar-refractivity contribution < 1.29 is 27.3 Å². The van der Waals surface area contributed by atoms with E-state index in [0.717, 1.165) is 17.1 Å². The predicted octanol–water partition coefficient (Wildman–Crippen LogP) is 3.84. The van der Waals surface area contributed by atoms with Gasteiger partial charge in [-0.25, -0.2) is 4.79 Å². The number of rotatable bonds is 12. The Hall–Kier alpha value is -1.82. The highest BCUT2D eigenvalue weighted by atomic mass is 32.2. The Kier molecular flexibility index (Phi) is 13.2. The third kappa shape index (κ3) is 12.0. The van der Waals surface area contributed by atoms with Crippen LogP contribution >= 0.6 is 23.5 Å². The van der Waals surface area contributed by atoms with Crippen molar-refractivity contribution in [1.29, 1.82) is 0 Å². The van der Waals surface area contributed by atoms with Gasteiger partial charge >= 0.3 is 16.1 Å². The number of benzene rings is 2. The molecule has 2 aromatic carbocycles. The van der Waals surface area contributed by atoms with Crippen molar-refractivity contribution in [3.8, 4) is 0 Å². The molecule has 2 aromatic rings. The number of hydrogen-bond donors (Lipinski definition) is 2. The molecular formula is C21H27NO6S3. The summed E-state index contributed by atoms with van der Waals surface area (Å²) >= 11 is 3.05. The molecule has 0 aliphatic heterocycles. The van der Waals surface area contributed by atoms with E-state index in [1.54, 1.807) is 12.1 Å². The van der Waals surface area contributed by atoms with Gasteiger partial charge in [0.2, 0.25) is 0 Å². The molecule has 0 spiro atoms. The van der Waals surface area contributed by atoms with E-state index in [4.69, 9.17) is 9.84 Å². The number of carboxylic acids is 1. The molecule has 0 heterocycles. The van der Waals surface area contributed by atoms with Crippen molar-refractivity contribution in [3.05, 3.63) is 77.2 Å². The number of aryl methyl sites for hydroxylation is 1. The fourth-order valence-corrected chi connectivity index (χ4v) is 3.99. The smallest absolute Gasteiger partial charge is 0.341 e. The lowest BCUT2D eigenvalue weighted by molar-refractivity contribution is -0.131. The van der Waals surface area contributed by atoms with E-state index in [1.165, 1.54) is 29.5 Å². The summed E-state index contributed by atoms with van der Waals surface area (Å²) in [7, 11) is -3.74. The van der Waals surface area contributed by atoms with E-state index >= 15 is 0 Å². The average molecular weight is 486 g/mol. The second kappa shape index (κ2) is 15.1. The van der Waals surface area contributed by atoms with Gasteiger partial charge < -0.3 is 9.84 Å². The fourth-order valence-electron chi connectivity index (χ4n) is 2.03. The second-order valence-electron chi connectivity index (χ2n) is 6.09. The van der Waals surface area contributed by atoms with Gasteiger partial charge in [-0.3, -0.25) is 0 Å². The summed E-state index contributed by atoms with van der Waals surface area (Å²) in [4.78, 5) is 10.7. The zero-order chi connectivity index (χ0) is 23.1.